The summed E-state index contributed by atoms with van der Waals surface area (Å²) in [7, 11) is 0. The van der Waals surface area contributed by atoms with Gasteiger partial charge in [0.2, 0.25) is 5.95 Å². The SMILES string of the molecule is CCc1nc(N)nc(N)c1-c1ccc([N+](=O)[O-])c(NCc2ccccc2)c1. The fourth-order valence-electron chi connectivity index (χ4n) is 2.90. The Morgan fingerprint density at radius 3 is 2.52 bits per heavy atom. The summed E-state index contributed by atoms with van der Waals surface area (Å²) in [5.74, 6) is 0.361. The number of benzene rings is 2. The Kier molecular flexibility index (Phi) is 5.16. The number of rotatable bonds is 6. The summed E-state index contributed by atoms with van der Waals surface area (Å²) >= 11 is 0. The van der Waals surface area contributed by atoms with Crippen molar-refractivity contribution in [2.45, 2.75) is 19.9 Å². The van der Waals surface area contributed by atoms with Crippen molar-refractivity contribution in [3.05, 3.63) is 69.9 Å². The second-order valence-electron chi connectivity index (χ2n) is 5.97. The van der Waals surface area contributed by atoms with Crippen LogP contribution in [0, 0.1) is 10.1 Å². The van der Waals surface area contributed by atoms with Crippen molar-refractivity contribution >= 4 is 23.1 Å². The molecular formula is C19H20N6O2. The van der Waals surface area contributed by atoms with E-state index >= 15 is 0 Å². The van der Waals surface area contributed by atoms with Crippen LogP contribution in [0.3, 0.4) is 0 Å². The summed E-state index contributed by atoms with van der Waals surface area (Å²) < 4.78 is 0. The molecule has 0 spiro atoms. The van der Waals surface area contributed by atoms with Gasteiger partial charge < -0.3 is 16.8 Å². The zero-order valence-electron chi connectivity index (χ0n) is 14.8. The van der Waals surface area contributed by atoms with Crippen LogP contribution in [0.5, 0.6) is 0 Å². The van der Waals surface area contributed by atoms with Crippen molar-refractivity contribution in [2.24, 2.45) is 0 Å². The highest BCUT2D eigenvalue weighted by Crippen LogP contribution is 2.34. The van der Waals surface area contributed by atoms with Gasteiger partial charge in [-0.1, -0.05) is 37.3 Å². The number of hydrogen-bond donors (Lipinski definition) is 3. The quantitative estimate of drug-likeness (QED) is 0.451. The number of aryl methyl sites for hydroxylation is 1. The van der Waals surface area contributed by atoms with Crippen LogP contribution >= 0.6 is 0 Å². The van der Waals surface area contributed by atoms with Crippen molar-refractivity contribution in [1.29, 1.82) is 0 Å². The lowest BCUT2D eigenvalue weighted by molar-refractivity contribution is -0.384. The average Bonchev–Trinajstić information content (AvgIpc) is 2.66. The third-order valence-electron chi connectivity index (χ3n) is 4.17. The number of hydrogen-bond acceptors (Lipinski definition) is 7. The smallest absolute Gasteiger partial charge is 0.292 e. The highest BCUT2D eigenvalue weighted by atomic mass is 16.6. The Morgan fingerprint density at radius 1 is 1.11 bits per heavy atom. The summed E-state index contributed by atoms with van der Waals surface area (Å²) in [6, 6.07) is 14.5. The molecule has 1 heterocycles. The molecule has 3 aromatic rings. The summed E-state index contributed by atoms with van der Waals surface area (Å²) in [5.41, 5.74) is 15.2. The number of anilines is 3. The molecule has 0 saturated carbocycles. The minimum absolute atomic E-state index is 0.0114. The molecule has 8 heteroatoms. The van der Waals surface area contributed by atoms with Gasteiger partial charge in [-0.15, -0.1) is 0 Å². The third kappa shape index (κ3) is 3.95. The number of nitrogen functional groups attached to an aromatic ring is 2. The van der Waals surface area contributed by atoms with Gasteiger partial charge in [-0.05, 0) is 29.7 Å². The molecule has 0 saturated heterocycles. The Morgan fingerprint density at radius 2 is 1.85 bits per heavy atom. The van der Waals surface area contributed by atoms with Gasteiger partial charge in [0.05, 0.1) is 10.6 Å². The number of nitro benzene ring substituents is 1. The van der Waals surface area contributed by atoms with Gasteiger partial charge >= 0.3 is 0 Å². The van der Waals surface area contributed by atoms with Crippen LogP contribution in [0.1, 0.15) is 18.2 Å². The monoisotopic (exact) mass is 364 g/mol. The van der Waals surface area contributed by atoms with E-state index in [4.69, 9.17) is 11.5 Å². The van der Waals surface area contributed by atoms with E-state index in [2.05, 4.69) is 15.3 Å². The van der Waals surface area contributed by atoms with E-state index in [0.29, 0.717) is 35.5 Å². The molecule has 0 fully saturated rings. The van der Waals surface area contributed by atoms with Gasteiger partial charge in [-0.2, -0.15) is 4.98 Å². The molecule has 0 amide bonds. The fraction of sp³-hybridized carbons (Fsp3) is 0.158. The van der Waals surface area contributed by atoms with Crippen molar-refractivity contribution in [1.82, 2.24) is 9.97 Å². The summed E-state index contributed by atoms with van der Waals surface area (Å²) in [6.45, 7) is 2.39. The van der Waals surface area contributed by atoms with E-state index in [-0.39, 0.29) is 17.5 Å². The van der Waals surface area contributed by atoms with Crippen LogP contribution in [0.15, 0.2) is 48.5 Å². The lowest BCUT2D eigenvalue weighted by Gasteiger charge is -2.13. The minimum atomic E-state index is -0.416. The molecule has 3 rings (SSSR count). The number of nitrogens with zero attached hydrogens (tertiary/aromatic N) is 3. The number of aromatic nitrogens is 2. The van der Waals surface area contributed by atoms with Crippen LogP contribution in [0.2, 0.25) is 0 Å². The van der Waals surface area contributed by atoms with E-state index in [0.717, 1.165) is 5.56 Å². The normalized spacial score (nSPS) is 10.6. The first-order chi connectivity index (χ1) is 13.0. The molecule has 0 unspecified atom stereocenters. The predicted molar refractivity (Wildman–Crippen MR) is 106 cm³/mol. The average molecular weight is 364 g/mol. The second-order valence-corrected chi connectivity index (χ2v) is 5.97. The highest BCUT2D eigenvalue weighted by molar-refractivity contribution is 5.81. The largest absolute Gasteiger partial charge is 0.383 e. The number of nitrogens with one attached hydrogen (secondary N) is 1. The minimum Gasteiger partial charge on any atom is -0.383 e. The fourth-order valence-corrected chi connectivity index (χ4v) is 2.90. The van der Waals surface area contributed by atoms with Gasteiger partial charge in [0.15, 0.2) is 0 Å². The molecule has 0 atom stereocenters. The molecule has 0 radical (unpaired) electrons. The van der Waals surface area contributed by atoms with Crippen LogP contribution in [-0.2, 0) is 13.0 Å². The van der Waals surface area contributed by atoms with Gasteiger partial charge in [0.1, 0.15) is 11.5 Å². The Labute approximate surface area is 156 Å². The first-order valence-corrected chi connectivity index (χ1v) is 8.48. The standard InChI is InChI=1S/C19H20N6O2/c1-2-14-17(18(20)24-19(21)23-14)13-8-9-16(25(26)27)15(10-13)22-11-12-6-4-3-5-7-12/h3-10,22H,2,11H2,1H3,(H4,20,21,23,24). The summed E-state index contributed by atoms with van der Waals surface area (Å²) in [4.78, 5) is 19.3. The molecular weight excluding hydrogens is 344 g/mol. The van der Waals surface area contributed by atoms with Crippen molar-refractivity contribution in [3.8, 4) is 11.1 Å². The molecule has 0 bridgehead atoms. The topological polar surface area (TPSA) is 133 Å². The van der Waals surface area contributed by atoms with Crippen LogP contribution < -0.4 is 16.8 Å². The molecule has 8 nitrogen and oxygen atoms in total. The lowest BCUT2D eigenvalue weighted by atomic mass is 10.0. The highest BCUT2D eigenvalue weighted by Gasteiger charge is 2.18. The van der Waals surface area contributed by atoms with Gasteiger partial charge in [0.25, 0.3) is 5.69 Å². The molecule has 0 aliphatic rings. The van der Waals surface area contributed by atoms with Gasteiger partial charge in [-0.25, -0.2) is 4.98 Å². The molecule has 0 aliphatic carbocycles. The molecule has 5 N–H and O–H groups in total. The van der Waals surface area contributed by atoms with Gasteiger partial charge in [-0.3, -0.25) is 10.1 Å². The maximum absolute atomic E-state index is 11.4. The summed E-state index contributed by atoms with van der Waals surface area (Å²) in [5, 5.41) is 14.6. The zero-order chi connectivity index (χ0) is 19.4. The van der Waals surface area contributed by atoms with E-state index in [1.54, 1.807) is 12.1 Å². The molecule has 2 aromatic carbocycles. The van der Waals surface area contributed by atoms with E-state index < -0.39 is 4.92 Å². The Balaban J connectivity index is 2.03. The second kappa shape index (κ2) is 7.69. The lowest BCUT2D eigenvalue weighted by Crippen LogP contribution is -2.07. The maximum Gasteiger partial charge on any atom is 0.292 e. The van der Waals surface area contributed by atoms with Crippen molar-refractivity contribution in [3.63, 3.8) is 0 Å². The first-order valence-electron chi connectivity index (χ1n) is 8.48. The summed E-state index contributed by atoms with van der Waals surface area (Å²) in [6.07, 6.45) is 0.607. The van der Waals surface area contributed by atoms with Crippen molar-refractivity contribution in [2.75, 3.05) is 16.8 Å². The number of nitrogens with two attached hydrogens (primary N) is 2. The molecule has 138 valence electrons. The maximum atomic E-state index is 11.4. The third-order valence-corrected chi connectivity index (χ3v) is 4.17. The molecule has 1 aromatic heterocycles. The van der Waals surface area contributed by atoms with Gasteiger partial charge in [0, 0.05) is 18.2 Å². The first kappa shape index (κ1) is 18.1. The Bertz CT molecular complexity index is 975. The van der Waals surface area contributed by atoms with Crippen molar-refractivity contribution < 1.29 is 4.92 Å². The van der Waals surface area contributed by atoms with E-state index in [9.17, 15) is 10.1 Å². The number of nitro groups is 1. The Hall–Kier alpha value is -3.68. The van der Waals surface area contributed by atoms with E-state index in [1.807, 2.05) is 37.3 Å². The molecule has 0 aliphatic heterocycles. The van der Waals surface area contributed by atoms with Crippen LogP contribution in [0.25, 0.3) is 11.1 Å². The zero-order valence-corrected chi connectivity index (χ0v) is 14.8. The van der Waals surface area contributed by atoms with Crippen LogP contribution in [0.4, 0.5) is 23.1 Å². The van der Waals surface area contributed by atoms with Crippen LogP contribution in [-0.4, -0.2) is 14.9 Å². The van der Waals surface area contributed by atoms with E-state index in [1.165, 1.54) is 6.07 Å². The predicted octanol–water partition coefficient (Wildman–Crippen LogP) is 3.39. The molecule has 27 heavy (non-hydrogen) atoms.